The minimum atomic E-state index is -0.248. The predicted molar refractivity (Wildman–Crippen MR) is 143 cm³/mol. The van der Waals surface area contributed by atoms with E-state index >= 15 is 0 Å². The number of phenols is 2. The molecule has 0 heterocycles. The zero-order chi connectivity index (χ0) is 25.0. The van der Waals surface area contributed by atoms with Crippen LogP contribution in [-0.2, 0) is 0 Å². The Morgan fingerprint density at radius 2 is 1.11 bits per heavy atom. The fraction of sp³-hybridized carbons (Fsp3) is 0.241. The minimum Gasteiger partial charge on any atom is -0.504 e. The Labute approximate surface area is 205 Å². The zero-order valence-electron chi connectivity index (χ0n) is 20.4. The summed E-state index contributed by atoms with van der Waals surface area (Å²) >= 11 is 0. The van der Waals surface area contributed by atoms with E-state index < -0.39 is 0 Å². The molecule has 0 aliphatic rings. The van der Waals surface area contributed by atoms with E-state index in [4.69, 9.17) is 9.47 Å². The summed E-state index contributed by atoms with van der Waals surface area (Å²) in [5.74, 6) is 0.982. The van der Waals surface area contributed by atoms with Gasteiger partial charge in [-0.3, -0.25) is 9.98 Å². The molecule has 6 heteroatoms. The largest absolute Gasteiger partial charge is 0.504 e. The molecule has 0 aliphatic carbocycles. The Hall–Kier alpha value is -4.06. The summed E-state index contributed by atoms with van der Waals surface area (Å²) in [6.07, 6.45) is 3.40. The van der Waals surface area contributed by atoms with Gasteiger partial charge in [0.1, 0.15) is 0 Å². The van der Waals surface area contributed by atoms with Crippen LogP contribution in [0.25, 0.3) is 21.5 Å². The van der Waals surface area contributed by atoms with Gasteiger partial charge in [-0.05, 0) is 33.7 Å². The SMILES string of the molecule is COc1cc2ccccc2c(C=NCC(C)(C)CN=Cc2c(O)c(OC)cc3ccccc23)c1O. The Balaban J connectivity index is 1.54. The second-order valence-corrected chi connectivity index (χ2v) is 9.23. The fourth-order valence-electron chi connectivity index (χ4n) is 4.07. The molecule has 4 aromatic carbocycles. The van der Waals surface area contributed by atoms with Crippen LogP contribution in [0.5, 0.6) is 23.0 Å². The van der Waals surface area contributed by atoms with Gasteiger partial charge in [-0.25, -0.2) is 0 Å². The number of phenolic OH excluding ortho intramolecular Hbond substituents is 2. The lowest BCUT2D eigenvalue weighted by molar-refractivity contribution is 0.374. The minimum absolute atomic E-state index is 0.0751. The number of ether oxygens (including phenoxy) is 2. The summed E-state index contributed by atoms with van der Waals surface area (Å²) in [5, 5.41) is 25.1. The third kappa shape index (κ3) is 5.06. The molecule has 180 valence electrons. The molecule has 35 heavy (non-hydrogen) atoms. The van der Waals surface area contributed by atoms with Crippen LogP contribution < -0.4 is 9.47 Å². The highest BCUT2D eigenvalue weighted by atomic mass is 16.5. The molecule has 6 nitrogen and oxygen atoms in total. The quantitative estimate of drug-likeness (QED) is 0.310. The summed E-state index contributed by atoms with van der Waals surface area (Å²) in [5.41, 5.74) is 1.01. The maximum atomic E-state index is 10.7. The van der Waals surface area contributed by atoms with Crippen molar-refractivity contribution < 1.29 is 19.7 Å². The van der Waals surface area contributed by atoms with Crippen molar-refractivity contribution in [3.05, 3.63) is 71.8 Å². The molecule has 0 saturated heterocycles. The van der Waals surface area contributed by atoms with E-state index in [0.717, 1.165) is 21.5 Å². The van der Waals surface area contributed by atoms with Crippen LogP contribution in [0.3, 0.4) is 0 Å². The van der Waals surface area contributed by atoms with Crippen LogP contribution in [0.2, 0.25) is 0 Å². The summed E-state index contributed by atoms with van der Waals surface area (Å²) < 4.78 is 10.7. The Morgan fingerprint density at radius 3 is 1.51 bits per heavy atom. The first kappa shape index (κ1) is 24.1. The van der Waals surface area contributed by atoms with Gasteiger partial charge >= 0.3 is 0 Å². The van der Waals surface area contributed by atoms with E-state index in [1.54, 1.807) is 12.4 Å². The highest BCUT2D eigenvalue weighted by molar-refractivity contribution is 6.04. The first-order valence-electron chi connectivity index (χ1n) is 11.4. The van der Waals surface area contributed by atoms with E-state index in [2.05, 4.69) is 23.8 Å². The van der Waals surface area contributed by atoms with Crippen LogP contribution in [0.4, 0.5) is 0 Å². The molecule has 4 aromatic rings. The molecule has 0 fully saturated rings. The highest BCUT2D eigenvalue weighted by Gasteiger charge is 2.18. The van der Waals surface area contributed by atoms with E-state index in [-0.39, 0.29) is 16.9 Å². The first-order chi connectivity index (χ1) is 16.8. The summed E-state index contributed by atoms with van der Waals surface area (Å²) in [6.45, 7) is 5.16. The van der Waals surface area contributed by atoms with E-state index in [1.165, 1.54) is 14.2 Å². The summed E-state index contributed by atoms with van der Waals surface area (Å²) in [7, 11) is 3.07. The maximum Gasteiger partial charge on any atom is 0.167 e. The number of methoxy groups -OCH3 is 2. The Kier molecular flexibility index (Phi) is 6.92. The van der Waals surface area contributed by atoms with Crippen molar-refractivity contribution in [3.8, 4) is 23.0 Å². The topological polar surface area (TPSA) is 83.6 Å². The van der Waals surface area contributed by atoms with E-state index in [0.29, 0.717) is 35.7 Å². The van der Waals surface area contributed by atoms with Crippen molar-refractivity contribution in [2.75, 3.05) is 27.3 Å². The van der Waals surface area contributed by atoms with Gasteiger partial charge in [0.25, 0.3) is 0 Å². The van der Waals surface area contributed by atoms with E-state index in [1.807, 2.05) is 60.7 Å². The average molecular weight is 471 g/mol. The fourth-order valence-corrected chi connectivity index (χ4v) is 4.07. The van der Waals surface area contributed by atoms with Gasteiger partial charge in [-0.1, -0.05) is 62.4 Å². The summed E-state index contributed by atoms with van der Waals surface area (Å²) in [4.78, 5) is 9.27. The molecule has 0 atom stereocenters. The molecule has 0 bridgehead atoms. The van der Waals surface area contributed by atoms with Gasteiger partial charge in [0.15, 0.2) is 23.0 Å². The first-order valence-corrected chi connectivity index (χ1v) is 11.4. The van der Waals surface area contributed by atoms with Crippen LogP contribution >= 0.6 is 0 Å². The number of hydrogen-bond acceptors (Lipinski definition) is 6. The number of fused-ring (bicyclic) bond motifs is 2. The van der Waals surface area contributed by atoms with Crippen LogP contribution in [-0.4, -0.2) is 50.0 Å². The molecule has 0 aromatic heterocycles. The number of nitrogens with zero attached hydrogens (tertiary/aromatic N) is 2. The second kappa shape index (κ2) is 10.1. The standard InChI is InChI=1S/C29H30N2O4/c1-29(2,17-30-15-23-21-11-7-5-9-19(21)13-25(34-3)27(23)32)18-31-16-24-22-12-8-6-10-20(22)14-26(35-4)28(24)33/h5-16,32-33H,17-18H2,1-4H3. The Morgan fingerprint density at radius 1 is 0.714 bits per heavy atom. The smallest absolute Gasteiger partial charge is 0.167 e. The lowest BCUT2D eigenvalue weighted by atomic mass is 9.94. The molecular weight excluding hydrogens is 440 g/mol. The number of benzene rings is 4. The van der Waals surface area contributed by atoms with Crippen molar-refractivity contribution >= 4 is 34.0 Å². The molecule has 0 amide bonds. The Bertz CT molecular complexity index is 1320. The van der Waals surface area contributed by atoms with Gasteiger partial charge in [0.05, 0.1) is 14.2 Å². The van der Waals surface area contributed by atoms with Gasteiger partial charge in [-0.2, -0.15) is 0 Å². The highest BCUT2D eigenvalue weighted by Crippen LogP contribution is 2.36. The normalized spacial score (nSPS) is 12.2. The lowest BCUT2D eigenvalue weighted by Gasteiger charge is -2.19. The lowest BCUT2D eigenvalue weighted by Crippen LogP contribution is -2.20. The molecular formula is C29H30N2O4. The third-order valence-electron chi connectivity index (χ3n) is 5.97. The van der Waals surface area contributed by atoms with Gasteiger partial charge in [-0.15, -0.1) is 0 Å². The monoisotopic (exact) mass is 470 g/mol. The zero-order valence-corrected chi connectivity index (χ0v) is 20.4. The average Bonchev–Trinajstić information content (AvgIpc) is 2.86. The molecule has 0 radical (unpaired) electrons. The number of aliphatic imine (C=N–C) groups is 2. The molecule has 0 saturated carbocycles. The number of rotatable bonds is 8. The van der Waals surface area contributed by atoms with Crippen LogP contribution in [0.1, 0.15) is 25.0 Å². The molecule has 4 rings (SSSR count). The number of hydrogen-bond donors (Lipinski definition) is 2. The predicted octanol–water partition coefficient (Wildman–Crippen LogP) is 5.99. The van der Waals surface area contributed by atoms with Gasteiger partial charge < -0.3 is 19.7 Å². The molecule has 2 N–H and O–H groups in total. The number of aromatic hydroxyl groups is 2. The summed E-state index contributed by atoms with van der Waals surface area (Å²) in [6, 6.07) is 19.3. The maximum absolute atomic E-state index is 10.7. The van der Waals surface area contributed by atoms with Crippen molar-refractivity contribution in [1.82, 2.24) is 0 Å². The van der Waals surface area contributed by atoms with Crippen molar-refractivity contribution in [2.24, 2.45) is 15.4 Å². The van der Waals surface area contributed by atoms with Crippen LogP contribution in [0.15, 0.2) is 70.6 Å². The van der Waals surface area contributed by atoms with E-state index in [9.17, 15) is 10.2 Å². The van der Waals surface area contributed by atoms with Crippen LogP contribution in [0, 0.1) is 5.41 Å². The van der Waals surface area contributed by atoms with Gasteiger partial charge in [0.2, 0.25) is 0 Å². The molecule has 0 unspecified atom stereocenters. The van der Waals surface area contributed by atoms with Crippen molar-refractivity contribution in [3.63, 3.8) is 0 Å². The molecule has 0 aliphatic heterocycles. The molecule has 0 spiro atoms. The third-order valence-corrected chi connectivity index (χ3v) is 5.97. The van der Waals surface area contributed by atoms with Crippen molar-refractivity contribution in [1.29, 1.82) is 0 Å². The second-order valence-electron chi connectivity index (χ2n) is 9.23. The van der Waals surface area contributed by atoms with Crippen molar-refractivity contribution in [2.45, 2.75) is 13.8 Å². The van der Waals surface area contributed by atoms with Gasteiger partial charge in [0, 0.05) is 42.1 Å².